The van der Waals surface area contributed by atoms with E-state index in [4.69, 9.17) is 5.73 Å². The Morgan fingerprint density at radius 1 is 1.15 bits per heavy atom. The fourth-order valence-corrected chi connectivity index (χ4v) is 2.26. The second kappa shape index (κ2) is 6.53. The van der Waals surface area contributed by atoms with Gasteiger partial charge in [-0.3, -0.25) is 4.98 Å². The highest BCUT2D eigenvalue weighted by atomic mass is 15.1. The van der Waals surface area contributed by atoms with Gasteiger partial charge >= 0.3 is 0 Å². The number of anilines is 1. The van der Waals surface area contributed by atoms with Crippen molar-refractivity contribution in [1.82, 2.24) is 4.98 Å². The van der Waals surface area contributed by atoms with Gasteiger partial charge in [-0.05, 0) is 50.6 Å². The average molecular weight is 269 g/mol. The number of hydrogen-bond donors (Lipinski definition) is 1. The highest BCUT2D eigenvalue weighted by Gasteiger charge is 2.07. The number of pyridine rings is 1. The molecular weight excluding hydrogens is 246 g/mol. The summed E-state index contributed by atoms with van der Waals surface area (Å²) in [5.41, 5.74) is 10.4. The number of benzene rings is 1. The summed E-state index contributed by atoms with van der Waals surface area (Å²) >= 11 is 0. The second-order valence-corrected chi connectivity index (χ2v) is 5.16. The molecule has 1 atom stereocenters. The summed E-state index contributed by atoms with van der Waals surface area (Å²) in [4.78, 5) is 6.88. The van der Waals surface area contributed by atoms with Crippen LogP contribution in [0, 0.1) is 6.92 Å². The Morgan fingerprint density at radius 2 is 1.85 bits per heavy atom. The van der Waals surface area contributed by atoms with Gasteiger partial charge in [-0.2, -0.15) is 0 Å². The molecule has 0 amide bonds. The predicted octanol–water partition coefficient (Wildman–Crippen LogP) is 3.44. The molecule has 1 aromatic heterocycles. The Hall–Kier alpha value is -1.87. The molecule has 0 saturated carbocycles. The Labute approximate surface area is 121 Å². The molecule has 106 valence electrons. The first kappa shape index (κ1) is 14.5. The third-order valence-electron chi connectivity index (χ3n) is 3.46. The van der Waals surface area contributed by atoms with Crippen molar-refractivity contribution < 1.29 is 0 Å². The summed E-state index contributed by atoms with van der Waals surface area (Å²) in [6, 6.07) is 14.7. The van der Waals surface area contributed by atoms with Crippen LogP contribution in [-0.2, 0) is 6.54 Å². The minimum atomic E-state index is 0.0811. The lowest BCUT2D eigenvalue weighted by atomic mass is 10.1. The molecule has 1 heterocycles. The standard InChI is InChI=1S/C17H23N3/c1-4-20(12-16-7-5-6-13(2)19-16)17-10-8-15(9-11-17)14(3)18/h5-11,14H,4,12,18H2,1-3H3/t14-/m0/s1. The quantitative estimate of drug-likeness (QED) is 0.904. The normalized spacial score (nSPS) is 12.2. The lowest BCUT2D eigenvalue weighted by Gasteiger charge is -2.23. The van der Waals surface area contributed by atoms with Crippen LogP contribution in [0.3, 0.4) is 0 Å². The number of rotatable bonds is 5. The minimum Gasteiger partial charge on any atom is -0.366 e. The van der Waals surface area contributed by atoms with Gasteiger partial charge in [-0.15, -0.1) is 0 Å². The zero-order valence-electron chi connectivity index (χ0n) is 12.5. The molecule has 2 N–H and O–H groups in total. The highest BCUT2D eigenvalue weighted by Crippen LogP contribution is 2.19. The number of aryl methyl sites for hydroxylation is 1. The van der Waals surface area contributed by atoms with Gasteiger partial charge in [0.1, 0.15) is 0 Å². The SMILES string of the molecule is CCN(Cc1cccc(C)n1)c1ccc([C@H](C)N)cc1. The van der Waals surface area contributed by atoms with E-state index in [0.29, 0.717) is 0 Å². The van der Waals surface area contributed by atoms with Crippen LogP contribution in [0.25, 0.3) is 0 Å². The van der Waals surface area contributed by atoms with E-state index in [9.17, 15) is 0 Å². The van der Waals surface area contributed by atoms with Crippen molar-refractivity contribution in [2.75, 3.05) is 11.4 Å². The molecule has 0 aliphatic heterocycles. The van der Waals surface area contributed by atoms with E-state index in [-0.39, 0.29) is 6.04 Å². The lowest BCUT2D eigenvalue weighted by molar-refractivity contribution is 0.798. The van der Waals surface area contributed by atoms with Crippen molar-refractivity contribution in [3.8, 4) is 0 Å². The average Bonchev–Trinajstić information content (AvgIpc) is 2.45. The largest absolute Gasteiger partial charge is 0.366 e. The van der Waals surface area contributed by atoms with E-state index in [1.54, 1.807) is 0 Å². The second-order valence-electron chi connectivity index (χ2n) is 5.16. The Morgan fingerprint density at radius 3 is 2.40 bits per heavy atom. The number of hydrogen-bond acceptors (Lipinski definition) is 3. The third-order valence-corrected chi connectivity index (χ3v) is 3.46. The predicted molar refractivity (Wildman–Crippen MR) is 84.7 cm³/mol. The van der Waals surface area contributed by atoms with Crippen molar-refractivity contribution in [3.63, 3.8) is 0 Å². The maximum absolute atomic E-state index is 5.89. The fourth-order valence-electron chi connectivity index (χ4n) is 2.26. The van der Waals surface area contributed by atoms with Crippen molar-refractivity contribution in [3.05, 3.63) is 59.4 Å². The summed E-state index contributed by atoms with van der Waals surface area (Å²) in [6.07, 6.45) is 0. The number of nitrogens with zero attached hydrogens (tertiary/aromatic N) is 2. The summed E-state index contributed by atoms with van der Waals surface area (Å²) in [5.74, 6) is 0. The molecule has 0 aliphatic rings. The first-order valence-electron chi connectivity index (χ1n) is 7.13. The van der Waals surface area contributed by atoms with Crippen molar-refractivity contribution in [2.45, 2.75) is 33.4 Å². The van der Waals surface area contributed by atoms with Gasteiger partial charge in [0.15, 0.2) is 0 Å². The number of nitrogens with two attached hydrogens (primary N) is 1. The molecule has 0 aliphatic carbocycles. The molecule has 0 fully saturated rings. The van der Waals surface area contributed by atoms with Crippen LogP contribution in [0.1, 0.15) is 36.8 Å². The van der Waals surface area contributed by atoms with Crippen LogP contribution >= 0.6 is 0 Å². The molecular formula is C17H23N3. The molecule has 0 radical (unpaired) electrons. The molecule has 3 nitrogen and oxygen atoms in total. The van der Waals surface area contributed by atoms with Crippen LogP contribution in [0.15, 0.2) is 42.5 Å². The summed E-state index contributed by atoms with van der Waals surface area (Å²) in [7, 11) is 0. The van der Waals surface area contributed by atoms with Crippen LogP contribution in [0.5, 0.6) is 0 Å². The zero-order valence-corrected chi connectivity index (χ0v) is 12.5. The Bertz CT molecular complexity index is 546. The highest BCUT2D eigenvalue weighted by molar-refractivity contribution is 5.48. The lowest BCUT2D eigenvalue weighted by Crippen LogP contribution is -2.22. The smallest absolute Gasteiger partial charge is 0.0602 e. The molecule has 0 unspecified atom stereocenters. The van der Waals surface area contributed by atoms with Gasteiger partial charge in [-0.1, -0.05) is 18.2 Å². The van der Waals surface area contributed by atoms with Crippen LogP contribution < -0.4 is 10.6 Å². The first-order valence-corrected chi connectivity index (χ1v) is 7.13. The van der Waals surface area contributed by atoms with Gasteiger partial charge in [0.2, 0.25) is 0 Å². The molecule has 2 aromatic rings. The maximum Gasteiger partial charge on any atom is 0.0602 e. The van der Waals surface area contributed by atoms with Gasteiger partial charge in [-0.25, -0.2) is 0 Å². The van der Waals surface area contributed by atoms with Crippen molar-refractivity contribution >= 4 is 5.69 Å². The first-order chi connectivity index (χ1) is 9.60. The van der Waals surface area contributed by atoms with Crippen molar-refractivity contribution in [2.24, 2.45) is 5.73 Å². The van der Waals surface area contributed by atoms with E-state index in [1.165, 1.54) is 11.3 Å². The summed E-state index contributed by atoms with van der Waals surface area (Å²) in [6.45, 7) is 7.97. The summed E-state index contributed by atoms with van der Waals surface area (Å²) < 4.78 is 0. The Balaban J connectivity index is 2.15. The van der Waals surface area contributed by atoms with E-state index in [2.05, 4.69) is 53.2 Å². The van der Waals surface area contributed by atoms with Gasteiger partial charge in [0.25, 0.3) is 0 Å². The van der Waals surface area contributed by atoms with Crippen LogP contribution in [-0.4, -0.2) is 11.5 Å². The van der Waals surface area contributed by atoms with Gasteiger partial charge in [0.05, 0.1) is 12.2 Å². The van der Waals surface area contributed by atoms with E-state index in [0.717, 1.165) is 24.5 Å². The van der Waals surface area contributed by atoms with Gasteiger partial charge < -0.3 is 10.6 Å². The minimum absolute atomic E-state index is 0.0811. The molecule has 1 aromatic carbocycles. The van der Waals surface area contributed by atoms with E-state index >= 15 is 0 Å². The Kier molecular flexibility index (Phi) is 4.74. The van der Waals surface area contributed by atoms with Crippen LogP contribution in [0.2, 0.25) is 0 Å². The molecule has 20 heavy (non-hydrogen) atoms. The van der Waals surface area contributed by atoms with E-state index < -0.39 is 0 Å². The zero-order chi connectivity index (χ0) is 14.5. The molecule has 2 rings (SSSR count). The van der Waals surface area contributed by atoms with E-state index in [1.807, 2.05) is 19.9 Å². The maximum atomic E-state index is 5.89. The van der Waals surface area contributed by atoms with Gasteiger partial charge in [0, 0.05) is 24.0 Å². The third kappa shape index (κ3) is 3.58. The fraction of sp³-hybridized carbons (Fsp3) is 0.353. The molecule has 0 saturated heterocycles. The molecule has 0 bridgehead atoms. The number of aromatic nitrogens is 1. The summed E-state index contributed by atoms with van der Waals surface area (Å²) in [5, 5.41) is 0. The topological polar surface area (TPSA) is 42.2 Å². The molecule has 3 heteroatoms. The monoisotopic (exact) mass is 269 g/mol. The molecule has 0 spiro atoms. The van der Waals surface area contributed by atoms with Crippen molar-refractivity contribution in [1.29, 1.82) is 0 Å². The van der Waals surface area contributed by atoms with Crippen LogP contribution in [0.4, 0.5) is 5.69 Å².